The van der Waals surface area contributed by atoms with Crippen LogP contribution in [0.5, 0.6) is 0 Å². The number of fused-ring (bicyclic) bond motifs is 1. The number of rotatable bonds is 7. The topological polar surface area (TPSA) is 46.7 Å². The van der Waals surface area contributed by atoms with Crippen LogP contribution in [-0.2, 0) is 16.6 Å². The zero-order valence-electron chi connectivity index (χ0n) is 24.2. The van der Waals surface area contributed by atoms with Gasteiger partial charge in [0.25, 0.3) is 10.0 Å². The Kier molecular flexibility index (Phi) is 7.91. The average molecular weight is 640 g/mol. The number of nitrogens with zero attached hydrogens (tertiary/aromatic N) is 3. The molecule has 2 heterocycles. The van der Waals surface area contributed by atoms with E-state index >= 15 is 0 Å². The van der Waals surface area contributed by atoms with Crippen LogP contribution in [0.3, 0.4) is 0 Å². The molecule has 0 unspecified atom stereocenters. The van der Waals surface area contributed by atoms with Gasteiger partial charge in [-0.2, -0.15) is 11.3 Å². The molecule has 0 fully saturated rings. The smallest absolute Gasteiger partial charge is 0.268 e. The number of halogens is 2. The van der Waals surface area contributed by atoms with Crippen molar-refractivity contribution in [1.82, 2.24) is 8.87 Å². The van der Waals surface area contributed by atoms with Crippen LogP contribution in [0.2, 0.25) is 5.02 Å². The molecule has 0 saturated carbocycles. The molecule has 0 N–H and O–H groups in total. The quantitative estimate of drug-likeness (QED) is 0.163. The summed E-state index contributed by atoms with van der Waals surface area (Å²) in [5.41, 5.74) is 5.85. The Labute approximate surface area is 265 Å². The monoisotopic (exact) mass is 639 g/mol. The molecule has 0 saturated heterocycles. The first kappa shape index (κ1) is 29.8. The van der Waals surface area contributed by atoms with E-state index in [1.54, 1.807) is 35.7 Å². The van der Waals surface area contributed by atoms with Crippen molar-refractivity contribution in [3.8, 4) is 33.5 Å². The highest BCUT2D eigenvalue weighted by atomic mass is 35.5. The molecule has 6 aromatic rings. The predicted molar refractivity (Wildman–Crippen MR) is 179 cm³/mol. The van der Waals surface area contributed by atoms with Gasteiger partial charge < -0.3 is 4.90 Å². The first-order valence-corrected chi connectivity index (χ1v) is 16.4. The summed E-state index contributed by atoms with van der Waals surface area (Å²) in [7, 11) is -0.194. The van der Waals surface area contributed by atoms with Gasteiger partial charge in [0.1, 0.15) is 5.82 Å². The van der Waals surface area contributed by atoms with Crippen LogP contribution in [0, 0.1) is 19.3 Å². The van der Waals surface area contributed by atoms with E-state index in [1.165, 1.54) is 33.5 Å². The summed E-state index contributed by atoms with van der Waals surface area (Å²) in [6, 6.07) is 25.9. The van der Waals surface area contributed by atoms with Gasteiger partial charge in [-0.25, -0.2) is 21.6 Å². The van der Waals surface area contributed by atoms with Gasteiger partial charge in [-0.1, -0.05) is 65.7 Å². The molecule has 0 spiro atoms. The highest BCUT2D eigenvalue weighted by Crippen LogP contribution is 2.48. The Morgan fingerprint density at radius 2 is 1.68 bits per heavy atom. The van der Waals surface area contributed by atoms with Crippen molar-refractivity contribution < 1.29 is 12.8 Å². The zero-order valence-corrected chi connectivity index (χ0v) is 26.6. The van der Waals surface area contributed by atoms with Crippen molar-refractivity contribution in [3.05, 3.63) is 130 Å². The fraction of sp³-hybridized carbons (Fsp3) is 0.114. The highest BCUT2D eigenvalue weighted by Gasteiger charge is 2.30. The van der Waals surface area contributed by atoms with Crippen LogP contribution in [0.4, 0.5) is 9.39 Å². The maximum absolute atomic E-state index is 14.9. The normalized spacial score (nSPS) is 11.8. The predicted octanol–water partition coefficient (Wildman–Crippen LogP) is 9.65. The van der Waals surface area contributed by atoms with Crippen LogP contribution in [0.25, 0.3) is 49.3 Å². The van der Waals surface area contributed by atoms with E-state index in [9.17, 15) is 12.8 Å². The third kappa shape index (κ3) is 5.33. The molecule has 9 heteroatoms. The molecule has 0 bridgehead atoms. The summed E-state index contributed by atoms with van der Waals surface area (Å²) in [6.45, 7) is 10.4. The number of hydrogen-bond acceptors (Lipinski definition) is 4. The van der Waals surface area contributed by atoms with Gasteiger partial charge >= 0.3 is 0 Å². The first-order chi connectivity index (χ1) is 21.1. The lowest BCUT2D eigenvalue weighted by molar-refractivity contribution is 0.402. The minimum Gasteiger partial charge on any atom is -0.305 e. The molecule has 6 rings (SSSR count). The second-order valence-corrected chi connectivity index (χ2v) is 13.9. The minimum atomic E-state index is -4.18. The third-order valence-electron chi connectivity index (χ3n) is 7.44. The van der Waals surface area contributed by atoms with Crippen LogP contribution in [-0.4, -0.2) is 31.4 Å². The Morgan fingerprint density at radius 3 is 2.39 bits per heavy atom. The van der Waals surface area contributed by atoms with Gasteiger partial charge in [0.05, 0.1) is 22.7 Å². The number of aromatic nitrogens is 1. The van der Waals surface area contributed by atoms with Crippen LogP contribution < -0.4 is 0 Å². The molecule has 0 amide bonds. The van der Waals surface area contributed by atoms with Gasteiger partial charge in [0.15, 0.2) is 0 Å². The fourth-order valence-corrected chi connectivity index (χ4v) is 8.04. The molecule has 0 atom stereocenters. The summed E-state index contributed by atoms with van der Waals surface area (Å²) in [6.07, 6.45) is 0. The van der Waals surface area contributed by atoms with Crippen LogP contribution >= 0.6 is 22.9 Å². The first-order valence-electron chi connectivity index (χ1n) is 13.7. The summed E-state index contributed by atoms with van der Waals surface area (Å²) in [5.74, 6) is -0.506. The van der Waals surface area contributed by atoms with Gasteiger partial charge in [-0.05, 0) is 80.0 Å². The standard InChI is InChI=1S/C35H27ClFN3O2S2/c1-22-8-12-27(13-9-22)44(41,42)40-32-15-11-26(37)20-30(32)33(29-16-17-43-35(29)38-2)34(40)25-7-5-6-24(19-25)28-14-10-23(18-31(28)36)21-39(3)4/h5-20H,21H2,1,3-4H3. The molecule has 220 valence electrons. The Hall–Kier alpha value is -4.26. The van der Waals surface area contributed by atoms with Crippen molar-refractivity contribution in [2.75, 3.05) is 14.1 Å². The zero-order chi connectivity index (χ0) is 31.2. The van der Waals surface area contributed by atoms with Crippen molar-refractivity contribution >= 4 is 48.9 Å². The highest BCUT2D eigenvalue weighted by molar-refractivity contribution is 7.90. The second kappa shape index (κ2) is 11.7. The SMILES string of the molecule is [C-]#[N+]c1sccc1-c1c(-c2cccc(-c3ccc(CN(C)C)cc3Cl)c2)n(S(=O)(=O)c2ccc(C)cc2)c2ccc(F)cc12. The lowest BCUT2D eigenvalue weighted by atomic mass is 9.96. The lowest BCUT2D eigenvalue weighted by Gasteiger charge is -2.16. The van der Waals surface area contributed by atoms with Crippen molar-refractivity contribution in [1.29, 1.82) is 0 Å². The molecule has 2 aromatic heterocycles. The van der Waals surface area contributed by atoms with Gasteiger partial charge in [-0.3, -0.25) is 0 Å². The minimum absolute atomic E-state index is 0.100. The molecule has 0 aliphatic carbocycles. The van der Waals surface area contributed by atoms with Crippen LogP contribution in [0.1, 0.15) is 11.1 Å². The summed E-state index contributed by atoms with van der Waals surface area (Å²) in [5, 5.41) is 3.15. The molecular weight excluding hydrogens is 613 g/mol. The summed E-state index contributed by atoms with van der Waals surface area (Å²) in [4.78, 5) is 5.87. The van der Waals surface area contributed by atoms with Crippen LogP contribution in [0.15, 0.2) is 101 Å². The number of thiophene rings is 1. The van der Waals surface area contributed by atoms with Gasteiger partial charge in [-0.15, -0.1) is 0 Å². The van der Waals surface area contributed by atoms with Crippen molar-refractivity contribution in [2.45, 2.75) is 18.4 Å². The van der Waals surface area contributed by atoms with E-state index in [-0.39, 0.29) is 4.90 Å². The molecule has 4 aromatic carbocycles. The average Bonchev–Trinajstić information content (AvgIpc) is 3.59. The van der Waals surface area contributed by atoms with E-state index in [0.29, 0.717) is 43.3 Å². The van der Waals surface area contributed by atoms with Gasteiger partial charge in [0, 0.05) is 39.2 Å². The van der Waals surface area contributed by atoms with E-state index in [0.717, 1.165) is 28.8 Å². The maximum Gasteiger partial charge on any atom is 0.268 e. The van der Waals surface area contributed by atoms with E-state index in [1.807, 2.05) is 63.5 Å². The summed E-state index contributed by atoms with van der Waals surface area (Å²) < 4.78 is 45.1. The largest absolute Gasteiger partial charge is 0.305 e. The Bertz CT molecular complexity index is 2190. The number of hydrogen-bond donors (Lipinski definition) is 0. The molecule has 5 nitrogen and oxygen atoms in total. The van der Waals surface area contributed by atoms with E-state index < -0.39 is 15.8 Å². The molecule has 0 radical (unpaired) electrons. The number of benzene rings is 4. The molecule has 0 aliphatic rings. The van der Waals surface area contributed by atoms with E-state index in [2.05, 4.69) is 9.74 Å². The maximum atomic E-state index is 14.9. The van der Waals surface area contributed by atoms with E-state index in [4.69, 9.17) is 18.2 Å². The number of aryl methyl sites for hydroxylation is 1. The van der Waals surface area contributed by atoms with Gasteiger partial charge in [0.2, 0.25) is 5.00 Å². The molecule has 44 heavy (non-hydrogen) atoms. The second-order valence-electron chi connectivity index (χ2n) is 10.9. The lowest BCUT2D eigenvalue weighted by Crippen LogP contribution is -2.14. The van der Waals surface area contributed by atoms with Crippen molar-refractivity contribution in [2.24, 2.45) is 0 Å². The third-order valence-corrected chi connectivity index (χ3v) is 10.3. The molecule has 0 aliphatic heterocycles. The molecular formula is C35H27ClFN3O2S2. The fourth-order valence-electron chi connectivity index (χ4n) is 5.50. The van der Waals surface area contributed by atoms with Crippen molar-refractivity contribution in [3.63, 3.8) is 0 Å². The Balaban J connectivity index is 1.68. The Morgan fingerprint density at radius 1 is 0.932 bits per heavy atom. The summed E-state index contributed by atoms with van der Waals surface area (Å²) >= 11 is 8.04.